The summed E-state index contributed by atoms with van der Waals surface area (Å²) in [5.41, 5.74) is 0.902. The molecule has 0 saturated carbocycles. The molecule has 0 heterocycles. The highest BCUT2D eigenvalue weighted by molar-refractivity contribution is 9.10. The van der Waals surface area contributed by atoms with Gasteiger partial charge in [-0.2, -0.15) is 0 Å². The molecule has 2 amide bonds. The van der Waals surface area contributed by atoms with Crippen LogP contribution in [0.25, 0.3) is 0 Å². The van der Waals surface area contributed by atoms with E-state index in [1.807, 2.05) is 0 Å². The summed E-state index contributed by atoms with van der Waals surface area (Å²) in [5, 5.41) is 3.34. The first kappa shape index (κ1) is 26.4. The number of halogens is 3. The lowest BCUT2D eigenvalue weighted by Gasteiger charge is -2.33. The first-order valence-corrected chi connectivity index (χ1v) is 13.1. The summed E-state index contributed by atoms with van der Waals surface area (Å²) < 4.78 is 26.6. The zero-order valence-electron chi connectivity index (χ0n) is 17.8. The topological polar surface area (TPSA) is 86.8 Å². The Balaban J connectivity index is 2.47. The van der Waals surface area contributed by atoms with Crippen molar-refractivity contribution in [3.63, 3.8) is 0 Å². The zero-order valence-corrected chi connectivity index (χ0v) is 21.7. The van der Waals surface area contributed by atoms with E-state index in [0.717, 1.165) is 10.6 Å². The van der Waals surface area contributed by atoms with Crippen LogP contribution in [-0.4, -0.2) is 51.0 Å². The van der Waals surface area contributed by atoms with Crippen molar-refractivity contribution in [1.82, 2.24) is 10.2 Å². The van der Waals surface area contributed by atoms with Crippen LogP contribution in [0.3, 0.4) is 0 Å². The van der Waals surface area contributed by atoms with Crippen LogP contribution in [0.2, 0.25) is 10.0 Å². The Bertz CT molecular complexity index is 1100. The number of nitrogens with one attached hydrogen (secondary N) is 1. The number of hydrogen-bond acceptors (Lipinski definition) is 4. The van der Waals surface area contributed by atoms with Gasteiger partial charge in [0, 0.05) is 28.1 Å². The van der Waals surface area contributed by atoms with Crippen LogP contribution in [-0.2, 0) is 26.2 Å². The highest BCUT2D eigenvalue weighted by Gasteiger charge is 2.32. The fourth-order valence-electron chi connectivity index (χ4n) is 3.17. The molecular weight excluding hydrogens is 541 g/mol. The number of benzene rings is 2. The maximum atomic E-state index is 13.4. The molecule has 0 aromatic heterocycles. The van der Waals surface area contributed by atoms with Crippen molar-refractivity contribution in [3.05, 3.63) is 62.5 Å². The first-order valence-electron chi connectivity index (χ1n) is 9.66. The summed E-state index contributed by atoms with van der Waals surface area (Å²) in [6.45, 7) is 1.29. The third-order valence-corrected chi connectivity index (χ3v) is 7.17. The van der Waals surface area contributed by atoms with Crippen molar-refractivity contribution in [2.45, 2.75) is 25.9 Å². The summed E-state index contributed by atoms with van der Waals surface area (Å²) in [7, 11) is -2.32. The Morgan fingerprint density at radius 3 is 2.34 bits per heavy atom. The minimum Gasteiger partial charge on any atom is -0.357 e. The molecule has 0 bridgehead atoms. The lowest BCUT2D eigenvalue weighted by molar-refractivity contribution is -0.140. The van der Waals surface area contributed by atoms with E-state index in [2.05, 4.69) is 21.2 Å². The number of hydrogen-bond donors (Lipinski definition) is 1. The molecule has 0 fully saturated rings. The third kappa shape index (κ3) is 6.60. The molecule has 32 heavy (non-hydrogen) atoms. The van der Waals surface area contributed by atoms with E-state index in [1.165, 1.54) is 11.9 Å². The van der Waals surface area contributed by atoms with Gasteiger partial charge in [-0.25, -0.2) is 8.42 Å². The normalized spacial score (nSPS) is 12.2. The van der Waals surface area contributed by atoms with Gasteiger partial charge < -0.3 is 10.2 Å². The summed E-state index contributed by atoms with van der Waals surface area (Å²) in [4.78, 5) is 27.3. The van der Waals surface area contributed by atoms with Gasteiger partial charge >= 0.3 is 0 Å². The van der Waals surface area contributed by atoms with Gasteiger partial charge in [0.25, 0.3) is 0 Å². The van der Waals surface area contributed by atoms with E-state index < -0.39 is 28.5 Å². The maximum absolute atomic E-state index is 13.4. The number of amides is 2. The lowest BCUT2D eigenvalue weighted by Crippen LogP contribution is -2.51. The van der Waals surface area contributed by atoms with E-state index in [-0.39, 0.29) is 12.5 Å². The average molecular weight is 565 g/mol. The monoisotopic (exact) mass is 563 g/mol. The average Bonchev–Trinajstić information content (AvgIpc) is 2.72. The summed E-state index contributed by atoms with van der Waals surface area (Å²) in [5.74, 6) is -0.912. The van der Waals surface area contributed by atoms with Gasteiger partial charge in [-0.1, -0.05) is 48.3 Å². The molecule has 174 valence electrons. The van der Waals surface area contributed by atoms with Gasteiger partial charge in [0.2, 0.25) is 21.8 Å². The Morgan fingerprint density at radius 2 is 1.81 bits per heavy atom. The molecule has 7 nitrogen and oxygen atoms in total. The highest BCUT2D eigenvalue weighted by Crippen LogP contribution is 2.28. The van der Waals surface area contributed by atoms with Gasteiger partial charge in [-0.15, -0.1) is 0 Å². The molecule has 0 aliphatic rings. The molecular formula is C21H24BrCl2N3O4S. The van der Waals surface area contributed by atoms with E-state index >= 15 is 0 Å². The minimum atomic E-state index is -3.80. The van der Waals surface area contributed by atoms with Crippen molar-refractivity contribution in [2.24, 2.45) is 0 Å². The van der Waals surface area contributed by atoms with Crippen molar-refractivity contribution in [3.8, 4) is 0 Å². The number of carbonyl (C=O) groups excluding carboxylic acids is 2. The van der Waals surface area contributed by atoms with Crippen LogP contribution >= 0.6 is 39.1 Å². The molecule has 0 aliphatic heterocycles. The summed E-state index contributed by atoms with van der Waals surface area (Å²) in [6, 6.07) is 10.7. The highest BCUT2D eigenvalue weighted by atomic mass is 79.9. The largest absolute Gasteiger partial charge is 0.357 e. The number of rotatable bonds is 9. The van der Waals surface area contributed by atoms with Crippen LogP contribution in [0, 0.1) is 0 Å². The standard InChI is InChI=1S/C21H24BrCl2N3O4S/c1-4-18(21(29)25-2)26(12-14-9-10-15(23)11-17(14)24)20(28)13-27(32(3,30)31)19-8-6-5-7-16(19)22/h5-11,18H,4,12-13H2,1-3H3,(H,25,29). The van der Waals surface area contributed by atoms with Crippen LogP contribution in [0.1, 0.15) is 18.9 Å². The molecule has 1 atom stereocenters. The maximum Gasteiger partial charge on any atom is 0.244 e. The predicted octanol–water partition coefficient (Wildman–Crippen LogP) is 4.08. The van der Waals surface area contributed by atoms with Crippen molar-refractivity contribution in [1.29, 1.82) is 0 Å². The van der Waals surface area contributed by atoms with Crippen molar-refractivity contribution >= 4 is 66.7 Å². The van der Waals surface area contributed by atoms with Gasteiger partial charge in [-0.3, -0.25) is 13.9 Å². The molecule has 0 aliphatic carbocycles. The summed E-state index contributed by atoms with van der Waals surface area (Å²) in [6.07, 6.45) is 1.35. The SMILES string of the molecule is CCC(C(=O)NC)N(Cc1ccc(Cl)cc1Cl)C(=O)CN(c1ccccc1Br)S(C)(=O)=O. The Hall–Kier alpha value is -1.81. The molecule has 1 N–H and O–H groups in total. The molecule has 0 saturated heterocycles. The van der Waals surface area contributed by atoms with Crippen molar-refractivity contribution < 1.29 is 18.0 Å². The number of nitrogens with zero attached hydrogens (tertiary/aromatic N) is 2. The molecule has 11 heteroatoms. The molecule has 2 aromatic carbocycles. The Kier molecular flexibility index (Phi) is 9.39. The minimum absolute atomic E-state index is 0.00826. The quantitative estimate of drug-likeness (QED) is 0.497. The van der Waals surface area contributed by atoms with E-state index in [0.29, 0.717) is 32.2 Å². The number of sulfonamides is 1. The summed E-state index contributed by atoms with van der Waals surface area (Å²) >= 11 is 15.6. The van der Waals surface area contributed by atoms with E-state index in [9.17, 15) is 18.0 Å². The number of para-hydroxylation sites is 1. The molecule has 0 spiro atoms. The number of carbonyl (C=O) groups is 2. The molecule has 0 radical (unpaired) electrons. The van der Waals surface area contributed by atoms with Gasteiger partial charge in [0.15, 0.2) is 0 Å². The smallest absolute Gasteiger partial charge is 0.244 e. The van der Waals surface area contributed by atoms with Gasteiger partial charge in [0.05, 0.1) is 11.9 Å². The first-order chi connectivity index (χ1) is 15.0. The number of anilines is 1. The number of likely N-dealkylation sites (N-methyl/N-ethyl adjacent to an activating group) is 1. The third-order valence-electron chi connectivity index (χ3n) is 4.79. The van der Waals surface area contributed by atoms with Crippen LogP contribution < -0.4 is 9.62 Å². The Morgan fingerprint density at radius 1 is 1.16 bits per heavy atom. The predicted molar refractivity (Wildman–Crippen MR) is 131 cm³/mol. The molecule has 2 rings (SSSR count). The van der Waals surface area contributed by atoms with Crippen LogP contribution in [0.4, 0.5) is 5.69 Å². The second-order valence-electron chi connectivity index (χ2n) is 7.02. The second kappa shape index (κ2) is 11.4. The van der Waals surface area contributed by atoms with Crippen molar-refractivity contribution in [2.75, 3.05) is 24.2 Å². The van der Waals surface area contributed by atoms with E-state index in [1.54, 1.807) is 49.4 Å². The van der Waals surface area contributed by atoms with E-state index in [4.69, 9.17) is 23.2 Å². The van der Waals surface area contributed by atoms with Gasteiger partial charge in [0.1, 0.15) is 12.6 Å². The zero-order chi connectivity index (χ0) is 24.1. The fraction of sp³-hybridized carbons (Fsp3) is 0.333. The second-order valence-corrected chi connectivity index (χ2v) is 10.6. The van der Waals surface area contributed by atoms with Crippen LogP contribution in [0.15, 0.2) is 46.9 Å². The van der Waals surface area contributed by atoms with Gasteiger partial charge in [-0.05, 0) is 52.2 Å². The van der Waals surface area contributed by atoms with Crippen LogP contribution in [0.5, 0.6) is 0 Å². The molecule has 2 aromatic rings. The fourth-order valence-corrected chi connectivity index (χ4v) is 5.11. The lowest BCUT2D eigenvalue weighted by atomic mass is 10.1. The molecule has 1 unspecified atom stereocenters. The Labute approximate surface area is 206 Å².